The van der Waals surface area contributed by atoms with Gasteiger partial charge in [-0.3, -0.25) is 0 Å². The summed E-state index contributed by atoms with van der Waals surface area (Å²) in [6, 6.07) is 37.8. The zero-order valence-corrected chi connectivity index (χ0v) is 26.9. The Balaban J connectivity index is 1.29. The lowest BCUT2D eigenvalue weighted by Gasteiger charge is -2.47. The number of ether oxygens (including phenoxy) is 1. The van der Waals surface area contributed by atoms with E-state index in [4.69, 9.17) is 4.74 Å². The van der Waals surface area contributed by atoms with Crippen molar-refractivity contribution in [3.05, 3.63) is 125 Å². The monoisotopic (exact) mass is 596 g/mol. The van der Waals surface area contributed by atoms with Crippen LogP contribution in [0.1, 0.15) is 75.6 Å². The predicted octanol–water partition coefficient (Wildman–Crippen LogP) is 10.9. The Morgan fingerprint density at radius 1 is 0.636 bits per heavy atom. The molecule has 0 saturated heterocycles. The third-order valence-electron chi connectivity index (χ3n) is 11.2. The van der Waals surface area contributed by atoms with Gasteiger partial charge in [0, 0.05) is 28.1 Å². The lowest BCUT2D eigenvalue weighted by atomic mass is 9.56. The molecule has 2 aliphatic carbocycles. The highest BCUT2D eigenvalue weighted by Crippen LogP contribution is 2.63. The van der Waals surface area contributed by atoms with Gasteiger partial charge in [-0.15, -0.1) is 0 Å². The van der Waals surface area contributed by atoms with Crippen molar-refractivity contribution in [1.29, 1.82) is 0 Å². The second-order valence-corrected chi connectivity index (χ2v) is 15.1. The van der Waals surface area contributed by atoms with E-state index in [0.717, 1.165) is 47.1 Å². The fraction of sp³-hybridized carbons (Fsp3) is 0.317. The maximum absolute atomic E-state index is 11.7. The first-order valence-corrected chi connectivity index (χ1v) is 17.0. The highest BCUT2D eigenvalue weighted by molar-refractivity contribution is 8.01. The molecule has 5 aromatic rings. The van der Waals surface area contributed by atoms with Gasteiger partial charge in [-0.2, -0.15) is 0 Å². The van der Waals surface area contributed by atoms with Crippen molar-refractivity contribution in [3.8, 4) is 22.6 Å². The molecular formula is C41H40O2S. The van der Waals surface area contributed by atoms with E-state index in [1.807, 2.05) is 11.8 Å². The molecule has 44 heavy (non-hydrogen) atoms. The molecule has 1 fully saturated rings. The fourth-order valence-electron chi connectivity index (χ4n) is 8.90. The molecule has 1 aliphatic heterocycles. The molecule has 1 saturated carbocycles. The molecule has 2 nitrogen and oxygen atoms in total. The molecule has 5 aromatic carbocycles. The van der Waals surface area contributed by atoms with E-state index in [1.165, 1.54) is 33.4 Å². The van der Waals surface area contributed by atoms with Crippen LogP contribution in [0.15, 0.2) is 108 Å². The summed E-state index contributed by atoms with van der Waals surface area (Å²) in [5.74, 6) is 2.03. The van der Waals surface area contributed by atoms with Gasteiger partial charge in [0.15, 0.2) is 4.93 Å². The topological polar surface area (TPSA) is 29.5 Å². The summed E-state index contributed by atoms with van der Waals surface area (Å²) < 4.78 is 6.86. The van der Waals surface area contributed by atoms with Crippen LogP contribution in [-0.4, -0.2) is 10.0 Å². The minimum Gasteiger partial charge on any atom is -0.507 e. The Kier molecular flexibility index (Phi) is 6.27. The third kappa shape index (κ3) is 3.75. The second-order valence-electron chi connectivity index (χ2n) is 13.8. The quantitative estimate of drug-likeness (QED) is 0.224. The minimum atomic E-state index is -0.306. The fourth-order valence-corrected chi connectivity index (χ4v) is 10.2. The molecule has 8 rings (SSSR count). The molecule has 1 N–H and O–H groups in total. The zero-order valence-electron chi connectivity index (χ0n) is 26.1. The van der Waals surface area contributed by atoms with E-state index in [1.54, 1.807) is 0 Å². The first-order valence-electron chi connectivity index (χ1n) is 16.2. The summed E-state index contributed by atoms with van der Waals surface area (Å²) in [6.45, 7) is 9.01. The lowest BCUT2D eigenvalue weighted by molar-refractivity contribution is 0.0757. The molecule has 0 amide bonds. The normalized spacial score (nSPS) is 18.8. The number of rotatable bonds is 4. The maximum atomic E-state index is 11.7. The Bertz CT molecular complexity index is 1830. The minimum absolute atomic E-state index is 0.0345. The van der Waals surface area contributed by atoms with Crippen molar-refractivity contribution < 1.29 is 9.84 Å². The van der Waals surface area contributed by atoms with Crippen LogP contribution in [0.5, 0.6) is 11.5 Å². The SMILES string of the molecule is CC(C)C1(C(C)C)Oc2cc3c4c(cc(O)c3cc2S1)C1(CCC(c2ccccc2)(c2ccccc2)CC1)c1ccccc1-4. The molecule has 0 aromatic heterocycles. The maximum Gasteiger partial charge on any atom is 0.163 e. The van der Waals surface area contributed by atoms with Crippen LogP contribution in [0.4, 0.5) is 0 Å². The smallest absolute Gasteiger partial charge is 0.163 e. The van der Waals surface area contributed by atoms with Crippen molar-refractivity contribution in [2.75, 3.05) is 0 Å². The molecule has 222 valence electrons. The molecule has 3 heteroatoms. The first kappa shape index (κ1) is 27.8. The number of phenols is 1. The largest absolute Gasteiger partial charge is 0.507 e. The van der Waals surface area contributed by atoms with Crippen LogP contribution in [0.3, 0.4) is 0 Å². The van der Waals surface area contributed by atoms with Gasteiger partial charge in [0.2, 0.25) is 0 Å². The molecule has 1 heterocycles. The lowest BCUT2D eigenvalue weighted by Crippen LogP contribution is -2.40. The van der Waals surface area contributed by atoms with Gasteiger partial charge in [0.1, 0.15) is 11.5 Å². The average molecular weight is 597 g/mol. The van der Waals surface area contributed by atoms with E-state index in [-0.39, 0.29) is 15.8 Å². The van der Waals surface area contributed by atoms with Crippen molar-refractivity contribution in [3.63, 3.8) is 0 Å². The molecule has 1 spiro atoms. The number of hydrogen-bond donors (Lipinski definition) is 1. The van der Waals surface area contributed by atoms with E-state index < -0.39 is 0 Å². The van der Waals surface area contributed by atoms with Crippen molar-refractivity contribution in [2.24, 2.45) is 11.8 Å². The van der Waals surface area contributed by atoms with Crippen LogP contribution < -0.4 is 4.74 Å². The van der Waals surface area contributed by atoms with E-state index >= 15 is 0 Å². The van der Waals surface area contributed by atoms with Gasteiger partial charge in [-0.25, -0.2) is 0 Å². The number of phenolic OH excluding ortho intramolecular Hbond substituents is 1. The number of aromatic hydroxyl groups is 1. The number of benzene rings is 5. The van der Waals surface area contributed by atoms with Gasteiger partial charge in [-0.1, -0.05) is 124 Å². The summed E-state index contributed by atoms with van der Waals surface area (Å²) in [6.07, 6.45) is 4.13. The molecular weight excluding hydrogens is 557 g/mol. The Hall–Kier alpha value is -3.69. The van der Waals surface area contributed by atoms with Gasteiger partial charge >= 0.3 is 0 Å². The van der Waals surface area contributed by atoms with Gasteiger partial charge in [0.05, 0.1) is 4.90 Å². The molecule has 0 atom stereocenters. The average Bonchev–Trinajstić information content (AvgIpc) is 3.57. The van der Waals surface area contributed by atoms with Crippen LogP contribution in [0.25, 0.3) is 21.9 Å². The van der Waals surface area contributed by atoms with Crippen LogP contribution in [0.2, 0.25) is 0 Å². The summed E-state index contributed by atoms with van der Waals surface area (Å²) >= 11 is 1.83. The van der Waals surface area contributed by atoms with E-state index in [2.05, 4.69) is 131 Å². The Labute approximate surface area is 265 Å². The summed E-state index contributed by atoms with van der Waals surface area (Å²) in [4.78, 5) is 0.823. The molecule has 0 unspecified atom stereocenters. The zero-order chi connectivity index (χ0) is 30.3. The highest BCUT2D eigenvalue weighted by atomic mass is 32.2. The second kappa shape index (κ2) is 9.91. The van der Waals surface area contributed by atoms with Crippen LogP contribution in [0, 0.1) is 11.8 Å². The highest BCUT2D eigenvalue weighted by Gasteiger charge is 2.51. The standard InChI is InChI=1S/C41H40O2S/c1-26(2)41(27(3)4)43-36-23-32-31(24-37(36)44-41)35(42)25-34-38(32)30-17-11-12-18-33(30)40(34)21-19-39(20-22-40,28-13-7-5-8-14-28)29-15-9-6-10-16-29/h5-18,23-27,42H,19-22H2,1-4H3. The van der Waals surface area contributed by atoms with Gasteiger partial charge in [-0.05, 0) is 82.6 Å². The van der Waals surface area contributed by atoms with Crippen LogP contribution >= 0.6 is 11.8 Å². The summed E-state index contributed by atoms with van der Waals surface area (Å²) in [5, 5.41) is 13.7. The van der Waals surface area contributed by atoms with Crippen LogP contribution in [-0.2, 0) is 10.8 Å². The third-order valence-corrected chi connectivity index (χ3v) is 13.0. The van der Waals surface area contributed by atoms with Crippen molar-refractivity contribution in [1.82, 2.24) is 0 Å². The van der Waals surface area contributed by atoms with E-state index in [9.17, 15) is 5.11 Å². The number of hydrogen-bond acceptors (Lipinski definition) is 3. The van der Waals surface area contributed by atoms with Crippen molar-refractivity contribution >= 4 is 22.5 Å². The molecule has 0 radical (unpaired) electrons. The van der Waals surface area contributed by atoms with Crippen molar-refractivity contribution in [2.45, 2.75) is 74.0 Å². The molecule has 3 aliphatic rings. The predicted molar refractivity (Wildman–Crippen MR) is 183 cm³/mol. The summed E-state index contributed by atoms with van der Waals surface area (Å²) in [7, 11) is 0. The Morgan fingerprint density at radius 2 is 1.20 bits per heavy atom. The first-order chi connectivity index (χ1) is 21.3. The van der Waals surface area contributed by atoms with Gasteiger partial charge in [0.25, 0.3) is 0 Å². The Morgan fingerprint density at radius 3 is 1.82 bits per heavy atom. The molecule has 0 bridgehead atoms. The van der Waals surface area contributed by atoms with E-state index in [0.29, 0.717) is 17.6 Å². The number of thioether (sulfide) groups is 1. The summed E-state index contributed by atoms with van der Waals surface area (Å²) in [5.41, 5.74) is 7.91. The number of fused-ring (bicyclic) bond motifs is 8. The van der Waals surface area contributed by atoms with Gasteiger partial charge < -0.3 is 9.84 Å².